The van der Waals surface area contributed by atoms with Crippen LogP contribution in [0, 0.1) is 13.8 Å². The molecule has 3 aromatic rings. The number of carbonyl (C=O) groups is 1. The minimum atomic E-state index is -0.0825. The first-order chi connectivity index (χ1) is 12.5. The van der Waals surface area contributed by atoms with Crippen molar-refractivity contribution in [1.82, 2.24) is 19.6 Å². The quantitative estimate of drug-likeness (QED) is 0.506. The lowest BCUT2D eigenvalue weighted by Crippen LogP contribution is -2.06. The highest BCUT2D eigenvalue weighted by atomic mass is 16.5. The Morgan fingerprint density at radius 3 is 2.65 bits per heavy atom. The van der Waals surface area contributed by atoms with E-state index in [2.05, 4.69) is 10.2 Å². The van der Waals surface area contributed by atoms with Crippen molar-refractivity contribution in [2.75, 3.05) is 7.11 Å². The molecule has 0 unspecified atom stereocenters. The molecule has 1 aromatic carbocycles. The van der Waals surface area contributed by atoms with Gasteiger partial charge in [0.1, 0.15) is 11.4 Å². The maximum absolute atomic E-state index is 12.3. The lowest BCUT2D eigenvalue weighted by atomic mass is 10.1. The Kier molecular flexibility index (Phi) is 5.02. The fourth-order valence-corrected chi connectivity index (χ4v) is 2.90. The number of aryl methyl sites for hydroxylation is 3. The van der Waals surface area contributed by atoms with E-state index < -0.39 is 0 Å². The number of allylic oxidation sites excluding steroid dienone is 1. The van der Waals surface area contributed by atoms with E-state index in [-0.39, 0.29) is 5.78 Å². The summed E-state index contributed by atoms with van der Waals surface area (Å²) in [6.45, 7) is 4.62. The summed E-state index contributed by atoms with van der Waals surface area (Å²) in [5.41, 5.74) is 4.57. The average molecular weight is 350 g/mol. The van der Waals surface area contributed by atoms with E-state index in [1.165, 1.54) is 0 Å². The summed E-state index contributed by atoms with van der Waals surface area (Å²) in [5.74, 6) is 0.716. The molecule has 0 bridgehead atoms. The summed E-state index contributed by atoms with van der Waals surface area (Å²) in [5, 5.41) is 8.53. The van der Waals surface area contributed by atoms with Gasteiger partial charge in [-0.1, -0.05) is 12.1 Å². The first kappa shape index (κ1) is 17.7. The number of ether oxygens (including phenoxy) is 1. The zero-order chi connectivity index (χ0) is 18.7. The Labute approximate surface area is 152 Å². The van der Waals surface area contributed by atoms with Crippen molar-refractivity contribution in [1.29, 1.82) is 0 Å². The van der Waals surface area contributed by atoms with Gasteiger partial charge < -0.3 is 4.74 Å². The molecule has 6 nitrogen and oxygen atoms in total. The second-order valence-corrected chi connectivity index (χ2v) is 6.19. The Hall–Kier alpha value is -3.15. The van der Waals surface area contributed by atoms with Gasteiger partial charge in [-0.25, -0.2) is 0 Å². The van der Waals surface area contributed by atoms with Crippen LogP contribution in [-0.4, -0.2) is 32.5 Å². The van der Waals surface area contributed by atoms with Crippen molar-refractivity contribution in [3.63, 3.8) is 0 Å². The van der Waals surface area contributed by atoms with Crippen LogP contribution in [0.4, 0.5) is 0 Å². The van der Waals surface area contributed by atoms with Crippen LogP contribution in [0.5, 0.6) is 5.75 Å². The highest BCUT2D eigenvalue weighted by Gasteiger charge is 2.09. The Balaban J connectivity index is 1.85. The molecule has 0 fully saturated rings. The molecule has 6 heteroatoms. The molecule has 134 valence electrons. The second kappa shape index (κ2) is 7.39. The number of hydrogen-bond donors (Lipinski definition) is 0. The van der Waals surface area contributed by atoms with Gasteiger partial charge in [-0.3, -0.25) is 14.2 Å². The molecule has 2 aromatic heterocycles. The summed E-state index contributed by atoms with van der Waals surface area (Å²) in [4.78, 5) is 12.3. The monoisotopic (exact) mass is 350 g/mol. The van der Waals surface area contributed by atoms with Crippen LogP contribution in [-0.2, 0) is 13.6 Å². The maximum Gasteiger partial charge on any atom is 0.203 e. The number of aromatic nitrogens is 4. The van der Waals surface area contributed by atoms with Crippen LogP contribution in [0.2, 0.25) is 0 Å². The van der Waals surface area contributed by atoms with Crippen molar-refractivity contribution >= 4 is 11.9 Å². The van der Waals surface area contributed by atoms with E-state index in [1.807, 2.05) is 42.8 Å². The lowest BCUT2D eigenvalue weighted by Gasteiger charge is -2.11. The normalized spacial score (nSPS) is 11.2. The van der Waals surface area contributed by atoms with E-state index in [0.29, 0.717) is 12.2 Å². The molecule has 0 saturated carbocycles. The van der Waals surface area contributed by atoms with E-state index in [4.69, 9.17) is 4.74 Å². The van der Waals surface area contributed by atoms with E-state index in [0.717, 1.165) is 28.3 Å². The number of benzene rings is 1. The molecule has 26 heavy (non-hydrogen) atoms. The first-order valence-electron chi connectivity index (χ1n) is 8.36. The summed E-state index contributed by atoms with van der Waals surface area (Å²) in [6, 6.07) is 9.60. The topological polar surface area (TPSA) is 61.9 Å². The van der Waals surface area contributed by atoms with Crippen LogP contribution in [0.1, 0.15) is 33.0 Å². The van der Waals surface area contributed by atoms with Crippen molar-refractivity contribution in [2.45, 2.75) is 20.4 Å². The van der Waals surface area contributed by atoms with E-state index in [9.17, 15) is 4.79 Å². The largest absolute Gasteiger partial charge is 0.496 e. The molecular weight excluding hydrogens is 328 g/mol. The third-order valence-electron chi connectivity index (χ3n) is 4.23. The molecule has 0 aliphatic rings. The molecule has 0 radical (unpaired) electrons. The Morgan fingerprint density at radius 2 is 2.04 bits per heavy atom. The minimum Gasteiger partial charge on any atom is -0.496 e. The average Bonchev–Trinajstić information content (AvgIpc) is 3.18. The number of ketones is 1. The Bertz CT molecular complexity index is 966. The summed E-state index contributed by atoms with van der Waals surface area (Å²) < 4.78 is 8.99. The van der Waals surface area contributed by atoms with Gasteiger partial charge in [-0.05, 0) is 49.8 Å². The zero-order valence-corrected chi connectivity index (χ0v) is 15.4. The van der Waals surface area contributed by atoms with Crippen LogP contribution < -0.4 is 4.74 Å². The van der Waals surface area contributed by atoms with E-state index >= 15 is 0 Å². The van der Waals surface area contributed by atoms with Crippen molar-refractivity contribution in [3.8, 4) is 5.75 Å². The van der Waals surface area contributed by atoms with Gasteiger partial charge in [0.15, 0.2) is 0 Å². The molecule has 0 atom stereocenters. The molecule has 0 N–H and O–H groups in total. The minimum absolute atomic E-state index is 0.0825. The maximum atomic E-state index is 12.3. The van der Waals surface area contributed by atoms with Crippen molar-refractivity contribution < 1.29 is 9.53 Å². The molecule has 0 aliphatic heterocycles. The van der Waals surface area contributed by atoms with Crippen LogP contribution in [0.25, 0.3) is 6.08 Å². The molecule has 0 spiro atoms. The van der Waals surface area contributed by atoms with Gasteiger partial charge in [0.2, 0.25) is 5.78 Å². The number of rotatable bonds is 6. The van der Waals surface area contributed by atoms with E-state index in [1.54, 1.807) is 43.3 Å². The predicted molar refractivity (Wildman–Crippen MR) is 100 cm³/mol. The van der Waals surface area contributed by atoms with Crippen LogP contribution >= 0.6 is 0 Å². The smallest absolute Gasteiger partial charge is 0.203 e. The molecule has 2 heterocycles. The highest BCUT2D eigenvalue weighted by Crippen LogP contribution is 2.22. The van der Waals surface area contributed by atoms with Crippen molar-refractivity contribution in [2.24, 2.45) is 7.05 Å². The SMILES string of the molecule is COc1ccc(/C=C/C(=O)c2ccnn2C)cc1Cn1nc(C)cc1C. The first-order valence-corrected chi connectivity index (χ1v) is 8.36. The predicted octanol–water partition coefficient (Wildman–Crippen LogP) is 3.19. The lowest BCUT2D eigenvalue weighted by molar-refractivity contribution is 0.103. The third kappa shape index (κ3) is 3.74. The number of methoxy groups -OCH3 is 1. The molecule has 0 saturated heterocycles. The summed E-state index contributed by atoms with van der Waals surface area (Å²) in [7, 11) is 3.41. The second-order valence-electron chi connectivity index (χ2n) is 6.19. The standard InChI is InChI=1S/C20H22N4O2/c1-14-11-15(2)24(22-14)13-17-12-16(6-8-20(17)26-4)5-7-19(25)18-9-10-21-23(18)3/h5-12H,13H2,1-4H3/b7-5+. The van der Waals surface area contributed by atoms with Crippen molar-refractivity contribution in [3.05, 3.63) is 70.8 Å². The number of hydrogen-bond acceptors (Lipinski definition) is 4. The van der Waals surface area contributed by atoms with Gasteiger partial charge in [-0.2, -0.15) is 10.2 Å². The fourth-order valence-electron chi connectivity index (χ4n) is 2.90. The van der Waals surface area contributed by atoms with Gasteiger partial charge >= 0.3 is 0 Å². The van der Waals surface area contributed by atoms with Gasteiger partial charge in [0.05, 0.1) is 19.3 Å². The van der Waals surface area contributed by atoms with Crippen LogP contribution in [0.3, 0.4) is 0 Å². The van der Waals surface area contributed by atoms with Crippen LogP contribution in [0.15, 0.2) is 42.6 Å². The van der Waals surface area contributed by atoms with Gasteiger partial charge in [-0.15, -0.1) is 0 Å². The molecule has 3 rings (SSSR count). The van der Waals surface area contributed by atoms with Gasteiger partial charge in [0, 0.05) is 24.5 Å². The number of nitrogens with zero attached hydrogens (tertiary/aromatic N) is 4. The molecular formula is C20H22N4O2. The summed E-state index contributed by atoms with van der Waals surface area (Å²) >= 11 is 0. The molecule has 0 amide bonds. The zero-order valence-electron chi connectivity index (χ0n) is 15.4. The summed E-state index contributed by atoms with van der Waals surface area (Å²) in [6.07, 6.45) is 4.98. The highest BCUT2D eigenvalue weighted by molar-refractivity contribution is 6.05. The fraction of sp³-hybridized carbons (Fsp3) is 0.250. The molecule has 0 aliphatic carbocycles. The van der Waals surface area contributed by atoms with Gasteiger partial charge in [0.25, 0.3) is 0 Å². The Morgan fingerprint density at radius 1 is 1.23 bits per heavy atom. The third-order valence-corrected chi connectivity index (χ3v) is 4.23. The number of carbonyl (C=O) groups excluding carboxylic acids is 1.